The van der Waals surface area contributed by atoms with E-state index < -0.39 is 0 Å². The van der Waals surface area contributed by atoms with Crippen LogP contribution in [0.5, 0.6) is 5.75 Å². The summed E-state index contributed by atoms with van der Waals surface area (Å²) < 4.78 is 5.39. The zero-order chi connectivity index (χ0) is 14.3. The lowest BCUT2D eigenvalue weighted by Gasteiger charge is -2.06. The molecule has 0 spiro atoms. The number of phenols is 1. The van der Waals surface area contributed by atoms with Crippen LogP contribution < -0.4 is 5.43 Å². The quantitative estimate of drug-likeness (QED) is 0.721. The molecule has 0 saturated carbocycles. The predicted molar refractivity (Wildman–Crippen MR) is 79.6 cm³/mol. The van der Waals surface area contributed by atoms with Gasteiger partial charge in [-0.3, -0.25) is 4.79 Å². The molecule has 0 aliphatic rings. The van der Waals surface area contributed by atoms with Gasteiger partial charge in [0.05, 0.1) is 16.0 Å². The predicted octanol–water partition coefficient (Wildman–Crippen LogP) is 4.47. The maximum atomic E-state index is 12.5. The lowest BCUT2D eigenvalue weighted by Crippen LogP contribution is -2.05. The molecule has 5 heteroatoms. The van der Waals surface area contributed by atoms with Crippen LogP contribution in [0.4, 0.5) is 0 Å². The van der Waals surface area contributed by atoms with E-state index in [1.807, 2.05) is 18.2 Å². The van der Waals surface area contributed by atoms with E-state index in [1.54, 1.807) is 12.1 Å². The average Bonchev–Trinajstić information content (AvgIpc) is 2.46. The van der Waals surface area contributed by atoms with Gasteiger partial charge >= 0.3 is 0 Å². The standard InChI is InChI=1S/C15H8Cl2O3/c16-13-10(18)6-11-12(14(13)17)15(19)9(7-20-11)8-4-2-1-3-5-8/h1-7,18H. The van der Waals surface area contributed by atoms with Crippen LogP contribution in [0.1, 0.15) is 0 Å². The summed E-state index contributed by atoms with van der Waals surface area (Å²) in [7, 11) is 0. The van der Waals surface area contributed by atoms with Gasteiger partial charge < -0.3 is 9.52 Å². The zero-order valence-electron chi connectivity index (χ0n) is 10.1. The number of hydrogen-bond acceptors (Lipinski definition) is 3. The van der Waals surface area contributed by atoms with Gasteiger partial charge in [0.1, 0.15) is 22.6 Å². The van der Waals surface area contributed by atoms with Gasteiger partial charge in [-0.05, 0) is 5.56 Å². The first kappa shape index (κ1) is 13.0. The molecule has 0 bridgehead atoms. The van der Waals surface area contributed by atoms with Crippen LogP contribution in [-0.4, -0.2) is 5.11 Å². The van der Waals surface area contributed by atoms with Crippen molar-refractivity contribution in [1.82, 2.24) is 0 Å². The SMILES string of the molecule is O=c1c(-c2ccccc2)coc2cc(O)c(Cl)c(Cl)c12. The van der Waals surface area contributed by atoms with Gasteiger partial charge in [0, 0.05) is 6.07 Å². The Hall–Kier alpha value is -1.97. The van der Waals surface area contributed by atoms with E-state index in [2.05, 4.69) is 0 Å². The van der Waals surface area contributed by atoms with Gasteiger partial charge in [-0.25, -0.2) is 0 Å². The van der Waals surface area contributed by atoms with E-state index in [0.29, 0.717) is 5.56 Å². The van der Waals surface area contributed by atoms with Gasteiger partial charge in [-0.15, -0.1) is 0 Å². The van der Waals surface area contributed by atoms with Crippen molar-refractivity contribution < 1.29 is 9.52 Å². The van der Waals surface area contributed by atoms with Crippen LogP contribution >= 0.6 is 23.2 Å². The number of benzene rings is 2. The molecule has 0 atom stereocenters. The zero-order valence-corrected chi connectivity index (χ0v) is 11.6. The number of hydrogen-bond donors (Lipinski definition) is 1. The van der Waals surface area contributed by atoms with Crippen LogP contribution in [0.15, 0.2) is 51.9 Å². The molecule has 20 heavy (non-hydrogen) atoms. The van der Waals surface area contributed by atoms with Crippen molar-refractivity contribution >= 4 is 34.2 Å². The van der Waals surface area contributed by atoms with Crippen LogP contribution in [0.25, 0.3) is 22.1 Å². The van der Waals surface area contributed by atoms with Gasteiger partial charge in [0.15, 0.2) is 0 Å². The second-order valence-corrected chi connectivity index (χ2v) is 5.00. The fourth-order valence-electron chi connectivity index (χ4n) is 2.02. The largest absolute Gasteiger partial charge is 0.506 e. The Morgan fingerprint density at radius 3 is 2.45 bits per heavy atom. The Kier molecular flexibility index (Phi) is 3.16. The second-order valence-electron chi connectivity index (χ2n) is 4.24. The highest BCUT2D eigenvalue weighted by Crippen LogP contribution is 2.37. The van der Waals surface area contributed by atoms with E-state index in [0.717, 1.165) is 5.56 Å². The molecule has 0 aliphatic heterocycles. The highest BCUT2D eigenvalue weighted by molar-refractivity contribution is 6.46. The normalized spacial score (nSPS) is 10.9. The first-order valence-electron chi connectivity index (χ1n) is 5.77. The topological polar surface area (TPSA) is 50.4 Å². The minimum atomic E-state index is -0.288. The van der Waals surface area contributed by atoms with Crippen LogP contribution in [0, 0.1) is 0 Å². The molecular weight excluding hydrogens is 299 g/mol. The highest BCUT2D eigenvalue weighted by atomic mass is 35.5. The highest BCUT2D eigenvalue weighted by Gasteiger charge is 2.16. The summed E-state index contributed by atoms with van der Waals surface area (Å²) in [6.45, 7) is 0. The van der Waals surface area contributed by atoms with E-state index >= 15 is 0 Å². The van der Waals surface area contributed by atoms with Crippen molar-refractivity contribution in [2.75, 3.05) is 0 Å². The molecule has 3 aromatic rings. The molecule has 100 valence electrons. The minimum absolute atomic E-state index is 0.00630. The minimum Gasteiger partial charge on any atom is -0.506 e. The third-order valence-electron chi connectivity index (χ3n) is 3.01. The van der Waals surface area contributed by atoms with Crippen LogP contribution in [0.2, 0.25) is 10.0 Å². The number of rotatable bonds is 1. The van der Waals surface area contributed by atoms with Crippen molar-refractivity contribution in [3.63, 3.8) is 0 Å². The number of phenolic OH excluding ortho intramolecular Hbond substituents is 1. The Balaban J connectivity index is 2.40. The Morgan fingerprint density at radius 1 is 1.05 bits per heavy atom. The number of aromatic hydroxyl groups is 1. The smallest absolute Gasteiger partial charge is 0.202 e. The van der Waals surface area contributed by atoms with Crippen LogP contribution in [-0.2, 0) is 0 Å². The lowest BCUT2D eigenvalue weighted by atomic mass is 10.1. The molecule has 3 nitrogen and oxygen atoms in total. The second kappa shape index (κ2) is 4.85. The summed E-state index contributed by atoms with van der Waals surface area (Å²) >= 11 is 11.9. The van der Waals surface area contributed by atoms with Crippen molar-refractivity contribution in [2.24, 2.45) is 0 Å². The summed E-state index contributed by atoms with van der Waals surface area (Å²) in [6, 6.07) is 10.4. The first-order valence-corrected chi connectivity index (χ1v) is 6.53. The van der Waals surface area contributed by atoms with E-state index in [4.69, 9.17) is 27.6 Å². The summed E-state index contributed by atoms with van der Waals surface area (Å²) in [5, 5.41) is 9.69. The van der Waals surface area contributed by atoms with Gasteiger partial charge in [0.25, 0.3) is 0 Å². The van der Waals surface area contributed by atoms with E-state index in [-0.39, 0.29) is 32.2 Å². The Bertz CT molecular complexity index is 854. The monoisotopic (exact) mass is 306 g/mol. The summed E-state index contributed by atoms with van der Waals surface area (Å²) in [4.78, 5) is 12.5. The molecule has 0 aliphatic carbocycles. The molecule has 0 saturated heterocycles. The molecule has 0 fully saturated rings. The number of fused-ring (bicyclic) bond motifs is 1. The Labute approximate surface area is 124 Å². The van der Waals surface area contributed by atoms with Crippen molar-refractivity contribution in [2.45, 2.75) is 0 Å². The number of halogens is 2. The van der Waals surface area contributed by atoms with Crippen molar-refractivity contribution in [1.29, 1.82) is 0 Å². The van der Waals surface area contributed by atoms with Crippen molar-refractivity contribution in [3.05, 3.63) is 62.9 Å². The molecule has 1 heterocycles. The maximum absolute atomic E-state index is 12.5. The maximum Gasteiger partial charge on any atom is 0.202 e. The summed E-state index contributed by atoms with van der Waals surface area (Å²) in [5.41, 5.74) is 1.02. The molecule has 1 aromatic heterocycles. The summed E-state index contributed by atoms with van der Waals surface area (Å²) in [6.07, 6.45) is 1.35. The third-order valence-corrected chi connectivity index (χ3v) is 3.87. The van der Waals surface area contributed by atoms with Crippen LogP contribution in [0.3, 0.4) is 0 Å². The molecule has 1 N–H and O–H groups in total. The lowest BCUT2D eigenvalue weighted by molar-refractivity contribution is 0.474. The van der Waals surface area contributed by atoms with Gasteiger partial charge in [0.2, 0.25) is 5.43 Å². The van der Waals surface area contributed by atoms with E-state index in [9.17, 15) is 9.90 Å². The molecular formula is C15H8Cl2O3. The Morgan fingerprint density at radius 2 is 1.75 bits per heavy atom. The first-order chi connectivity index (χ1) is 9.59. The van der Waals surface area contributed by atoms with Gasteiger partial charge in [-0.1, -0.05) is 53.5 Å². The third kappa shape index (κ3) is 1.96. The molecule has 2 aromatic carbocycles. The summed E-state index contributed by atoms with van der Waals surface area (Å²) in [5.74, 6) is -0.222. The van der Waals surface area contributed by atoms with E-state index in [1.165, 1.54) is 12.3 Å². The molecule has 3 rings (SSSR count). The molecule has 0 amide bonds. The molecule has 0 radical (unpaired) electrons. The fraction of sp³-hybridized carbons (Fsp3) is 0. The van der Waals surface area contributed by atoms with Gasteiger partial charge in [-0.2, -0.15) is 0 Å². The fourth-order valence-corrected chi connectivity index (χ4v) is 2.45. The molecule has 0 unspecified atom stereocenters. The average molecular weight is 307 g/mol. The van der Waals surface area contributed by atoms with Crippen molar-refractivity contribution in [3.8, 4) is 16.9 Å².